The molecule has 0 radical (unpaired) electrons. The molecular formula is C22H26FN3O4. The zero-order valence-electron chi connectivity index (χ0n) is 17.2. The number of hydrogen-bond donors (Lipinski definition) is 1. The number of amides is 2. The van der Waals surface area contributed by atoms with Gasteiger partial charge in [-0.25, -0.2) is 4.39 Å². The molecule has 1 atom stereocenters. The van der Waals surface area contributed by atoms with Crippen LogP contribution in [0.5, 0.6) is 11.5 Å². The first-order valence-corrected chi connectivity index (χ1v) is 9.79. The Morgan fingerprint density at radius 3 is 2.57 bits per heavy atom. The lowest BCUT2D eigenvalue weighted by Gasteiger charge is -2.36. The molecule has 1 aromatic heterocycles. The number of pyridine rings is 1. The van der Waals surface area contributed by atoms with Gasteiger partial charge in [-0.2, -0.15) is 0 Å². The second-order valence-electron chi connectivity index (χ2n) is 7.33. The number of piperidine rings is 1. The first-order valence-electron chi connectivity index (χ1n) is 9.79. The smallest absolute Gasteiger partial charge is 0.259 e. The van der Waals surface area contributed by atoms with Crippen LogP contribution in [-0.2, 0) is 22.6 Å². The number of rotatable bonds is 7. The Hall–Kier alpha value is -3.16. The second kappa shape index (κ2) is 9.56. The van der Waals surface area contributed by atoms with Gasteiger partial charge in [-0.05, 0) is 42.2 Å². The minimum absolute atomic E-state index is 0.0704. The highest BCUT2D eigenvalue weighted by Crippen LogP contribution is 2.27. The van der Waals surface area contributed by atoms with Gasteiger partial charge in [0.1, 0.15) is 11.5 Å². The summed E-state index contributed by atoms with van der Waals surface area (Å²) in [5.41, 5.74) is -0.625. The molecule has 2 amide bonds. The summed E-state index contributed by atoms with van der Waals surface area (Å²) in [5, 5.41) is 2.62. The number of nitrogens with zero attached hydrogens (tertiary/aromatic N) is 2. The molecule has 2 heterocycles. The fraction of sp³-hybridized carbons (Fsp3) is 0.409. The van der Waals surface area contributed by atoms with Crippen molar-refractivity contribution in [3.05, 3.63) is 53.9 Å². The fourth-order valence-corrected chi connectivity index (χ4v) is 3.51. The molecule has 160 valence electrons. The summed E-state index contributed by atoms with van der Waals surface area (Å²) in [4.78, 5) is 30.7. The van der Waals surface area contributed by atoms with Crippen molar-refractivity contribution in [2.24, 2.45) is 0 Å². The van der Waals surface area contributed by atoms with Gasteiger partial charge < -0.3 is 19.7 Å². The lowest BCUT2D eigenvalue weighted by molar-refractivity contribution is -0.143. The molecule has 1 aliphatic rings. The standard InChI is InChI=1S/C22H26FN3O4/c1-29-18-9-17(10-19(12-18)30-2)11-20(27)26-8-4-6-22(23,15-26)21(28)25-14-16-5-3-7-24-13-16/h3,5,7,9-10,12-13H,4,6,8,11,14-15H2,1-2H3,(H,25,28). The van der Waals surface area contributed by atoms with Crippen LogP contribution in [0.4, 0.5) is 4.39 Å². The van der Waals surface area contributed by atoms with E-state index in [0.29, 0.717) is 30.0 Å². The number of likely N-dealkylation sites (tertiary alicyclic amines) is 1. The first-order chi connectivity index (χ1) is 14.4. The number of methoxy groups -OCH3 is 2. The van der Waals surface area contributed by atoms with Crippen LogP contribution >= 0.6 is 0 Å². The summed E-state index contributed by atoms with van der Waals surface area (Å²) in [5.74, 6) is 0.204. The summed E-state index contributed by atoms with van der Waals surface area (Å²) >= 11 is 0. The minimum atomic E-state index is -2.11. The van der Waals surface area contributed by atoms with Gasteiger partial charge in [0.2, 0.25) is 11.6 Å². The molecule has 7 nitrogen and oxygen atoms in total. The first kappa shape index (κ1) is 21.5. The molecule has 0 saturated carbocycles. The molecule has 2 aromatic rings. The average molecular weight is 415 g/mol. The van der Waals surface area contributed by atoms with E-state index in [-0.39, 0.29) is 31.8 Å². The second-order valence-corrected chi connectivity index (χ2v) is 7.33. The molecule has 1 aromatic carbocycles. The van der Waals surface area contributed by atoms with Gasteiger partial charge in [-0.15, -0.1) is 0 Å². The summed E-state index contributed by atoms with van der Waals surface area (Å²) in [6, 6.07) is 8.76. The highest BCUT2D eigenvalue weighted by Gasteiger charge is 2.43. The number of carbonyl (C=O) groups is 2. The zero-order valence-corrected chi connectivity index (χ0v) is 17.2. The number of carbonyl (C=O) groups excluding carboxylic acids is 2. The molecular weight excluding hydrogens is 389 g/mol. The largest absolute Gasteiger partial charge is 0.497 e. The number of alkyl halides is 1. The predicted molar refractivity (Wildman–Crippen MR) is 109 cm³/mol. The van der Waals surface area contributed by atoms with E-state index in [4.69, 9.17) is 9.47 Å². The van der Waals surface area contributed by atoms with E-state index in [0.717, 1.165) is 5.56 Å². The Bertz CT molecular complexity index is 871. The van der Waals surface area contributed by atoms with Crippen molar-refractivity contribution in [2.45, 2.75) is 31.5 Å². The molecule has 0 aliphatic carbocycles. The Balaban J connectivity index is 1.63. The maximum Gasteiger partial charge on any atom is 0.259 e. The summed E-state index contributed by atoms with van der Waals surface area (Å²) in [6.45, 7) is 0.350. The third-order valence-electron chi connectivity index (χ3n) is 5.14. The Morgan fingerprint density at radius 2 is 1.93 bits per heavy atom. The van der Waals surface area contributed by atoms with Crippen molar-refractivity contribution in [3.63, 3.8) is 0 Å². The normalized spacial score (nSPS) is 18.6. The van der Waals surface area contributed by atoms with Crippen LogP contribution < -0.4 is 14.8 Å². The van der Waals surface area contributed by atoms with Crippen LogP contribution in [0.3, 0.4) is 0 Å². The maximum atomic E-state index is 15.4. The number of hydrogen-bond acceptors (Lipinski definition) is 5. The summed E-state index contributed by atoms with van der Waals surface area (Å²) in [6.07, 6.45) is 3.82. The van der Waals surface area contributed by atoms with Gasteiger partial charge in [-0.1, -0.05) is 6.07 Å². The van der Waals surface area contributed by atoms with Crippen molar-refractivity contribution in [3.8, 4) is 11.5 Å². The predicted octanol–water partition coefficient (Wildman–Crippen LogP) is 2.29. The van der Waals surface area contributed by atoms with Crippen LogP contribution in [-0.4, -0.2) is 54.7 Å². The monoisotopic (exact) mass is 415 g/mol. The molecule has 1 saturated heterocycles. The highest BCUT2D eigenvalue weighted by atomic mass is 19.1. The van der Waals surface area contributed by atoms with Crippen LogP contribution in [0.2, 0.25) is 0 Å². The van der Waals surface area contributed by atoms with E-state index >= 15 is 4.39 Å². The van der Waals surface area contributed by atoms with Gasteiger partial charge in [0.05, 0.1) is 27.2 Å². The van der Waals surface area contributed by atoms with Crippen LogP contribution in [0.15, 0.2) is 42.7 Å². The van der Waals surface area contributed by atoms with Crippen molar-refractivity contribution in [2.75, 3.05) is 27.3 Å². The molecule has 1 fully saturated rings. The van der Waals surface area contributed by atoms with Crippen LogP contribution in [0.25, 0.3) is 0 Å². The number of nitrogens with one attached hydrogen (secondary N) is 1. The third-order valence-corrected chi connectivity index (χ3v) is 5.14. The van der Waals surface area contributed by atoms with E-state index in [9.17, 15) is 9.59 Å². The Morgan fingerprint density at radius 1 is 1.20 bits per heavy atom. The van der Waals surface area contributed by atoms with E-state index in [1.807, 2.05) is 0 Å². The van der Waals surface area contributed by atoms with Crippen LogP contribution in [0, 0.1) is 0 Å². The summed E-state index contributed by atoms with van der Waals surface area (Å²) in [7, 11) is 3.07. The zero-order chi connectivity index (χ0) is 21.6. The SMILES string of the molecule is COc1cc(CC(=O)N2CCCC(F)(C(=O)NCc3cccnc3)C2)cc(OC)c1. The quantitative estimate of drug-likeness (QED) is 0.751. The van der Waals surface area contributed by atoms with Gasteiger partial charge in [0.25, 0.3) is 5.91 Å². The lowest BCUT2D eigenvalue weighted by Crippen LogP contribution is -2.55. The number of aromatic nitrogens is 1. The molecule has 3 rings (SSSR count). The van der Waals surface area contributed by atoms with Gasteiger partial charge >= 0.3 is 0 Å². The Labute approximate surface area is 175 Å². The van der Waals surface area contributed by atoms with E-state index < -0.39 is 11.6 Å². The van der Waals surface area contributed by atoms with E-state index in [1.165, 1.54) is 19.1 Å². The maximum absolute atomic E-state index is 15.4. The number of halogens is 1. The molecule has 1 N–H and O–H groups in total. The van der Waals surface area contributed by atoms with Gasteiger partial charge in [0.15, 0.2) is 0 Å². The molecule has 1 unspecified atom stereocenters. The van der Waals surface area contributed by atoms with E-state index in [2.05, 4.69) is 10.3 Å². The molecule has 0 bridgehead atoms. The van der Waals surface area contributed by atoms with Gasteiger partial charge in [-0.3, -0.25) is 14.6 Å². The fourth-order valence-electron chi connectivity index (χ4n) is 3.51. The molecule has 1 aliphatic heterocycles. The number of benzene rings is 1. The molecule has 0 spiro atoms. The molecule has 8 heteroatoms. The highest BCUT2D eigenvalue weighted by molar-refractivity contribution is 5.87. The van der Waals surface area contributed by atoms with Crippen LogP contribution in [0.1, 0.15) is 24.0 Å². The van der Waals surface area contributed by atoms with Crippen molar-refractivity contribution in [1.82, 2.24) is 15.2 Å². The third kappa shape index (κ3) is 5.25. The van der Waals surface area contributed by atoms with Gasteiger partial charge in [0, 0.05) is 31.5 Å². The summed E-state index contributed by atoms with van der Waals surface area (Å²) < 4.78 is 25.9. The van der Waals surface area contributed by atoms with Crippen molar-refractivity contribution >= 4 is 11.8 Å². The lowest BCUT2D eigenvalue weighted by atomic mass is 9.93. The Kier molecular flexibility index (Phi) is 6.87. The van der Waals surface area contributed by atoms with Crippen molar-refractivity contribution < 1.29 is 23.5 Å². The van der Waals surface area contributed by atoms with E-state index in [1.54, 1.807) is 42.7 Å². The average Bonchev–Trinajstić information content (AvgIpc) is 2.77. The number of ether oxygens (including phenoxy) is 2. The minimum Gasteiger partial charge on any atom is -0.497 e. The molecule has 30 heavy (non-hydrogen) atoms. The van der Waals surface area contributed by atoms with Crippen molar-refractivity contribution in [1.29, 1.82) is 0 Å². The topological polar surface area (TPSA) is 80.8 Å².